The van der Waals surface area contributed by atoms with Crippen molar-refractivity contribution in [2.75, 3.05) is 5.32 Å². The molecule has 2 saturated heterocycles. The van der Waals surface area contributed by atoms with Crippen LogP contribution in [0.1, 0.15) is 31.4 Å². The van der Waals surface area contributed by atoms with Crippen molar-refractivity contribution in [3.8, 4) is 0 Å². The number of carbonyl (C=O) groups is 3. The van der Waals surface area contributed by atoms with Gasteiger partial charge in [0.2, 0.25) is 17.7 Å². The maximum absolute atomic E-state index is 12.9. The summed E-state index contributed by atoms with van der Waals surface area (Å²) < 4.78 is 0. The van der Waals surface area contributed by atoms with E-state index in [4.69, 9.17) is 12.2 Å². The molecule has 1 aromatic carbocycles. The molecule has 0 radical (unpaired) electrons. The van der Waals surface area contributed by atoms with Crippen molar-refractivity contribution < 1.29 is 14.4 Å². The van der Waals surface area contributed by atoms with Crippen LogP contribution in [0.2, 0.25) is 0 Å². The molecule has 2 aliphatic rings. The van der Waals surface area contributed by atoms with Crippen molar-refractivity contribution >= 4 is 40.7 Å². The number of aryl methyl sites for hydroxylation is 2. The highest BCUT2D eigenvalue weighted by Crippen LogP contribution is 2.33. The van der Waals surface area contributed by atoms with Gasteiger partial charge < -0.3 is 5.32 Å². The van der Waals surface area contributed by atoms with Gasteiger partial charge >= 0.3 is 0 Å². The van der Waals surface area contributed by atoms with Gasteiger partial charge in [-0.3, -0.25) is 19.7 Å². The summed E-state index contributed by atoms with van der Waals surface area (Å²) in [5.41, 5.74) is 1.56. The van der Waals surface area contributed by atoms with Crippen molar-refractivity contribution in [1.29, 1.82) is 0 Å². The Balaban J connectivity index is 1.92. The number of nitrogens with one attached hydrogen (secondary N) is 2. The first-order valence-corrected chi connectivity index (χ1v) is 8.39. The number of nitrogens with zero attached hydrogens (tertiary/aromatic N) is 2. The number of amides is 3. The smallest absolute Gasteiger partial charge is 0.248 e. The standard InChI is InChI=1S/C17H20N4O3S/c1-9-5-6-10(2)11(7-9)18-14(23)12-8-13(22)20-16(25)19-15(24)17(3,4)21(12)20/h5-7,12H,8H2,1-4H3,(H,18,23)(H,19,24,25). The van der Waals surface area contributed by atoms with E-state index in [2.05, 4.69) is 10.6 Å². The number of fused-ring (bicyclic) bond motifs is 1. The molecule has 0 aliphatic carbocycles. The zero-order valence-corrected chi connectivity index (χ0v) is 15.4. The molecule has 0 bridgehead atoms. The van der Waals surface area contributed by atoms with Gasteiger partial charge in [-0.05, 0) is 57.1 Å². The van der Waals surface area contributed by atoms with E-state index in [1.165, 1.54) is 10.0 Å². The first kappa shape index (κ1) is 17.5. The van der Waals surface area contributed by atoms with Gasteiger partial charge in [-0.15, -0.1) is 0 Å². The Morgan fingerprint density at radius 1 is 1.32 bits per heavy atom. The second kappa shape index (κ2) is 5.89. The summed E-state index contributed by atoms with van der Waals surface area (Å²) in [6, 6.07) is 4.96. The van der Waals surface area contributed by atoms with Crippen LogP contribution in [-0.4, -0.2) is 44.4 Å². The normalized spacial score (nSPS) is 22.6. The molecule has 0 aromatic heterocycles. The predicted octanol–water partition coefficient (Wildman–Crippen LogP) is 1.25. The molecule has 7 nitrogen and oxygen atoms in total. The Morgan fingerprint density at radius 3 is 2.68 bits per heavy atom. The molecule has 25 heavy (non-hydrogen) atoms. The van der Waals surface area contributed by atoms with Crippen LogP contribution in [0, 0.1) is 13.8 Å². The second-order valence-corrected chi connectivity index (χ2v) is 7.28. The molecule has 8 heteroatoms. The van der Waals surface area contributed by atoms with Gasteiger partial charge in [0.15, 0.2) is 5.11 Å². The molecule has 3 rings (SSSR count). The maximum Gasteiger partial charge on any atom is 0.248 e. The van der Waals surface area contributed by atoms with Crippen molar-refractivity contribution in [2.24, 2.45) is 0 Å². The number of rotatable bonds is 2. The number of benzene rings is 1. The highest BCUT2D eigenvalue weighted by Gasteiger charge is 2.56. The van der Waals surface area contributed by atoms with Crippen LogP contribution >= 0.6 is 12.2 Å². The van der Waals surface area contributed by atoms with Crippen LogP contribution < -0.4 is 10.6 Å². The Labute approximate surface area is 151 Å². The third-order valence-corrected chi connectivity index (χ3v) is 4.88. The lowest BCUT2D eigenvalue weighted by molar-refractivity contribution is -0.154. The molecule has 2 heterocycles. The molecular formula is C17H20N4O3S. The van der Waals surface area contributed by atoms with Crippen LogP contribution in [0.3, 0.4) is 0 Å². The van der Waals surface area contributed by atoms with E-state index in [1.54, 1.807) is 13.8 Å². The molecule has 2 N–H and O–H groups in total. The Hall–Kier alpha value is -2.32. The van der Waals surface area contributed by atoms with Crippen LogP contribution in [0.25, 0.3) is 0 Å². The van der Waals surface area contributed by atoms with E-state index in [0.717, 1.165) is 11.1 Å². The van der Waals surface area contributed by atoms with Gasteiger partial charge in [-0.25, -0.2) is 5.01 Å². The predicted molar refractivity (Wildman–Crippen MR) is 96.5 cm³/mol. The van der Waals surface area contributed by atoms with E-state index in [-0.39, 0.29) is 29.3 Å². The second-order valence-electron chi connectivity index (χ2n) is 6.90. The quantitative estimate of drug-likeness (QED) is 0.776. The number of carbonyl (C=O) groups excluding carboxylic acids is 3. The van der Waals surface area contributed by atoms with Crippen LogP contribution in [-0.2, 0) is 14.4 Å². The zero-order valence-electron chi connectivity index (χ0n) is 14.5. The van der Waals surface area contributed by atoms with E-state index < -0.39 is 11.6 Å². The van der Waals surface area contributed by atoms with E-state index >= 15 is 0 Å². The lowest BCUT2D eigenvalue weighted by Gasteiger charge is -2.45. The summed E-state index contributed by atoms with van der Waals surface area (Å²) in [5.74, 6) is -0.984. The number of hydrogen-bond donors (Lipinski definition) is 2. The van der Waals surface area contributed by atoms with E-state index in [0.29, 0.717) is 5.69 Å². The summed E-state index contributed by atoms with van der Waals surface area (Å²) in [6.07, 6.45) is -0.0325. The topological polar surface area (TPSA) is 81.8 Å². The van der Waals surface area contributed by atoms with Gasteiger partial charge in [0.1, 0.15) is 11.6 Å². The molecule has 1 aromatic rings. The largest absolute Gasteiger partial charge is 0.324 e. The molecule has 1 atom stereocenters. The monoisotopic (exact) mass is 360 g/mol. The average Bonchev–Trinajstić information content (AvgIpc) is 2.88. The number of anilines is 1. The lowest BCUT2D eigenvalue weighted by Crippen LogP contribution is -2.71. The van der Waals surface area contributed by atoms with Gasteiger partial charge in [-0.1, -0.05) is 12.1 Å². The summed E-state index contributed by atoms with van der Waals surface area (Å²) >= 11 is 5.11. The maximum atomic E-state index is 12.9. The van der Waals surface area contributed by atoms with Crippen LogP contribution in [0.4, 0.5) is 5.69 Å². The SMILES string of the molecule is Cc1ccc(C)c(NC(=O)C2CC(=O)N3C(=S)NC(=O)C(C)(C)N23)c1. The molecule has 2 aliphatic heterocycles. The molecule has 0 spiro atoms. The van der Waals surface area contributed by atoms with Crippen molar-refractivity contribution in [3.63, 3.8) is 0 Å². The Kier molecular flexibility index (Phi) is 4.12. The highest BCUT2D eigenvalue weighted by atomic mass is 32.1. The fraction of sp³-hybridized carbons (Fsp3) is 0.412. The number of thiocarbonyl (C=S) groups is 1. The lowest BCUT2D eigenvalue weighted by atomic mass is 10.00. The number of hydrogen-bond acceptors (Lipinski definition) is 5. The average molecular weight is 360 g/mol. The summed E-state index contributed by atoms with van der Waals surface area (Å²) in [5, 5.41) is 8.12. The van der Waals surface area contributed by atoms with E-state index in [9.17, 15) is 14.4 Å². The summed E-state index contributed by atoms with van der Waals surface area (Å²) in [6.45, 7) is 7.16. The summed E-state index contributed by atoms with van der Waals surface area (Å²) in [4.78, 5) is 37.5. The Bertz CT molecular complexity index is 805. The molecule has 0 saturated carbocycles. The molecular weight excluding hydrogens is 340 g/mol. The molecule has 1 unspecified atom stereocenters. The van der Waals surface area contributed by atoms with Gasteiger partial charge in [0, 0.05) is 5.69 Å². The van der Waals surface area contributed by atoms with Gasteiger partial charge in [0.05, 0.1) is 6.42 Å². The number of hydrazine groups is 1. The summed E-state index contributed by atoms with van der Waals surface area (Å²) in [7, 11) is 0. The van der Waals surface area contributed by atoms with Crippen molar-refractivity contribution in [2.45, 2.75) is 45.7 Å². The highest BCUT2D eigenvalue weighted by molar-refractivity contribution is 7.80. The fourth-order valence-electron chi connectivity index (χ4n) is 3.15. The van der Waals surface area contributed by atoms with Crippen molar-refractivity contribution in [1.82, 2.24) is 15.3 Å². The van der Waals surface area contributed by atoms with Gasteiger partial charge in [-0.2, -0.15) is 5.01 Å². The minimum atomic E-state index is -1.07. The Morgan fingerprint density at radius 2 is 2.00 bits per heavy atom. The first-order chi connectivity index (χ1) is 11.6. The minimum Gasteiger partial charge on any atom is -0.324 e. The van der Waals surface area contributed by atoms with E-state index in [1.807, 2.05) is 32.0 Å². The van der Waals surface area contributed by atoms with Gasteiger partial charge in [0.25, 0.3) is 0 Å². The van der Waals surface area contributed by atoms with Crippen LogP contribution in [0.5, 0.6) is 0 Å². The minimum absolute atomic E-state index is 0.0105. The third-order valence-electron chi connectivity index (χ3n) is 4.61. The zero-order chi connectivity index (χ0) is 18.5. The molecule has 2 fully saturated rings. The third kappa shape index (κ3) is 2.81. The van der Waals surface area contributed by atoms with Crippen molar-refractivity contribution in [3.05, 3.63) is 29.3 Å². The first-order valence-electron chi connectivity index (χ1n) is 7.98. The van der Waals surface area contributed by atoms with Crippen LogP contribution in [0.15, 0.2) is 18.2 Å². The fourth-order valence-corrected chi connectivity index (χ4v) is 3.43. The molecule has 3 amide bonds. The molecule has 132 valence electrons.